The molecule has 0 bridgehead atoms. The molecule has 0 radical (unpaired) electrons. The molecule has 2 aromatic carbocycles. The Balaban J connectivity index is 1.82. The average Bonchev–Trinajstić information content (AvgIpc) is 3.01. The molecule has 3 aromatic rings. The van der Waals surface area contributed by atoms with Crippen LogP contribution in [0.5, 0.6) is 11.5 Å². The van der Waals surface area contributed by atoms with E-state index in [1.54, 1.807) is 6.07 Å². The highest BCUT2D eigenvalue weighted by Crippen LogP contribution is 2.35. The lowest BCUT2D eigenvalue weighted by Crippen LogP contribution is -2.26. The summed E-state index contributed by atoms with van der Waals surface area (Å²) in [5.41, 5.74) is 1.15. The summed E-state index contributed by atoms with van der Waals surface area (Å²) in [4.78, 5) is 12.5. The number of hydrogen-bond donors (Lipinski definition) is 2. The smallest absolute Gasteiger partial charge is 0.252 e. The van der Waals surface area contributed by atoms with E-state index in [-0.39, 0.29) is 23.4 Å². The summed E-state index contributed by atoms with van der Waals surface area (Å²) in [5, 5.41) is 13.7. The van der Waals surface area contributed by atoms with Gasteiger partial charge in [-0.25, -0.2) is 0 Å². The molecular formula is C18H16BrNO4. The maximum Gasteiger partial charge on any atom is 0.252 e. The molecule has 1 heterocycles. The number of fused-ring (bicyclic) bond motifs is 1. The topological polar surface area (TPSA) is 71.7 Å². The van der Waals surface area contributed by atoms with Crippen LogP contribution in [0.1, 0.15) is 29.1 Å². The monoisotopic (exact) mass is 389 g/mol. The maximum atomic E-state index is 12.5. The summed E-state index contributed by atoms with van der Waals surface area (Å²) in [6, 6.07) is 12.3. The van der Waals surface area contributed by atoms with Crippen molar-refractivity contribution < 1.29 is 19.1 Å². The fourth-order valence-corrected chi connectivity index (χ4v) is 2.87. The number of carbonyl (C=O) groups is 1. The quantitative estimate of drug-likeness (QED) is 0.693. The largest absolute Gasteiger partial charge is 0.503 e. The fourth-order valence-electron chi connectivity index (χ4n) is 2.43. The number of carbonyl (C=O) groups excluding carboxylic acids is 1. The molecule has 24 heavy (non-hydrogen) atoms. The van der Waals surface area contributed by atoms with Gasteiger partial charge >= 0.3 is 0 Å². The minimum absolute atomic E-state index is 0.0422. The third-order valence-electron chi connectivity index (χ3n) is 3.73. The molecule has 0 aliphatic heterocycles. The molecule has 6 heteroatoms. The molecule has 1 aromatic heterocycles. The first-order chi connectivity index (χ1) is 11.5. The summed E-state index contributed by atoms with van der Waals surface area (Å²) in [6.07, 6.45) is 0. The van der Waals surface area contributed by atoms with E-state index in [1.807, 2.05) is 37.3 Å². The van der Waals surface area contributed by atoms with Gasteiger partial charge in [0.05, 0.1) is 17.6 Å². The maximum absolute atomic E-state index is 12.5. The van der Waals surface area contributed by atoms with Crippen molar-refractivity contribution in [3.63, 3.8) is 0 Å². The minimum atomic E-state index is -0.302. The number of aromatic hydroxyl groups is 1. The molecule has 0 aliphatic carbocycles. The summed E-state index contributed by atoms with van der Waals surface area (Å²) < 4.78 is 11.2. The second kappa shape index (κ2) is 6.57. The zero-order valence-corrected chi connectivity index (χ0v) is 14.8. The Kier molecular flexibility index (Phi) is 4.49. The van der Waals surface area contributed by atoms with Crippen LogP contribution in [0.2, 0.25) is 0 Å². The number of ether oxygens (including phenoxy) is 1. The number of halogens is 1. The van der Waals surface area contributed by atoms with Gasteiger partial charge in [0.1, 0.15) is 11.3 Å². The van der Waals surface area contributed by atoms with Gasteiger partial charge in [-0.3, -0.25) is 4.79 Å². The lowest BCUT2D eigenvalue weighted by molar-refractivity contribution is 0.0935. The van der Waals surface area contributed by atoms with Gasteiger partial charge in [0.2, 0.25) is 0 Å². The van der Waals surface area contributed by atoms with E-state index in [2.05, 4.69) is 21.2 Å². The molecule has 124 valence electrons. The van der Waals surface area contributed by atoms with Gasteiger partial charge in [0.15, 0.2) is 11.5 Å². The van der Waals surface area contributed by atoms with Crippen molar-refractivity contribution >= 4 is 32.8 Å². The molecule has 2 N–H and O–H groups in total. The van der Waals surface area contributed by atoms with Crippen LogP contribution in [0.15, 0.2) is 51.4 Å². The Hall–Kier alpha value is -2.47. The molecule has 0 fully saturated rings. The van der Waals surface area contributed by atoms with E-state index < -0.39 is 0 Å². The van der Waals surface area contributed by atoms with E-state index in [9.17, 15) is 9.90 Å². The van der Waals surface area contributed by atoms with Gasteiger partial charge < -0.3 is 19.6 Å². The standard InChI is InChI=1S/C18H16BrNO4/c1-10(15-8-11-5-3-4-6-14(11)24-15)20-18(22)12-7-13(19)17(21)16(9-12)23-2/h3-10,21H,1-2H3,(H,20,22)/t10-/m1/s1. The number of methoxy groups -OCH3 is 1. The number of phenols is 1. The first kappa shape index (κ1) is 16.4. The zero-order valence-electron chi connectivity index (χ0n) is 13.2. The molecule has 0 saturated heterocycles. The summed E-state index contributed by atoms with van der Waals surface area (Å²) >= 11 is 3.21. The molecule has 3 rings (SSSR count). The zero-order chi connectivity index (χ0) is 17.3. The molecule has 0 aliphatic rings. The number of nitrogens with one attached hydrogen (secondary N) is 1. The van der Waals surface area contributed by atoms with Gasteiger partial charge in [0, 0.05) is 10.9 Å². The van der Waals surface area contributed by atoms with Crippen LogP contribution in [-0.2, 0) is 0 Å². The molecule has 0 spiro atoms. The fraction of sp³-hybridized carbons (Fsp3) is 0.167. The molecule has 0 unspecified atom stereocenters. The van der Waals surface area contributed by atoms with E-state index in [1.165, 1.54) is 13.2 Å². The highest BCUT2D eigenvalue weighted by molar-refractivity contribution is 9.10. The second-order valence-corrected chi connectivity index (χ2v) is 6.25. The molecule has 0 saturated carbocycles. The molecule has 1 atom stereocenters. The summed E-state index contributed by atoms with van der Waals surface area (Å²) in [5.74, 6) is 0.571. The van der Waals surface area contributed by atoms with Crippen molar-refractivity contribution in [3.05, 3.63) is 58.3 Å². The van der Waals surface area contributed by atoms with Crippen molar-refractivity contribution in [2.24, 2.45) is 0 Å². The van der Waals surface area contributed by atoms with E-state index in [4.69, 9.17) is 9.15 Å². The van der Waals surface area contributed by atoms with Gasteiger partial charge in [-0.1, -0.05) is 18.2 Å². The van der Waals surface area contributed by atoms with Crippen LogP contribution in [-0.4, -0.2) is 18.1 Å². The highest BCUT2D eigenvalue weighted by Gasteiger charge is 2.18. The number of benzene rings is 2. The summed E-state index contributed by atoms with van der Waals surface area (Å²) in [7, 11) is 1.43. The molecular weight excluding hydrogens is 374 g/mol. The first-order valence-electron chi connectivity index (χ1n) is 7.35. The van der Waals surface area contributed by atoms with Gasteiger partial charge in [-0.05, 0) is 47.1 Å². The average molecular weight is 390 g/mol. The lowest BCUT2D eigenvalue weighted by atomic mass is 10.1. The van der Waals surface area contributed by atoms with Crippen LogP contribution < -0.4 is 10.1 Å². The predicted octanol–water partition coefficient (Wildman–Crippen LogP) is 4.40. The van der Waals surface area contributed by atoms with Crippen molar-refractivity contribution in [2.45, 2.75) is 13.0 Å². The number of para-hydroxylation sites is 1. The third-order valence-corrected chi connectivity index (χ3v) is 4.33. The number of furan rings is 1. The SMILES string of the molecule is COc1cc(C(=O)N[C@H](C)c2cc3ccccc3o2)cc(Br)c1O. The Morgan fingerprint density at radius 3 is 2.75 bits per heavy atom. The second-order valence-electron chi connectivity index (χ2n) is 5.39. The van der Waals surface area contributed by atoms with Gasteiger partial charge in [-0.15, -0.1) is 0 Å². The van der Waals surface area contributed by atoms with E-state index >= 15 is 0 Å². The number of hydrogen-bond acceptors (Lipinski definition) is 4. The van der Waals surface area contributed by atoms with Crippen LogP contribution in [0.4, 0.5) is 0 Å². The Morgan fingerprint density at radius 2 is 2.04 bits per heavy atom. The summed E-state index contributed by atoms with van der Waals surface area (Å²) in [6.45, 7) is 1.85. The molecule has 1 amide bonds. The third kappa shape index (κ3) is 3.10. The van der Waals surface area contributed by atoms with Crippen molar-refractivity contribution in [1.29, 1.82) is 0 Å². The first-order valence-corrected chi connectivity index (χ1v) is 8.14. The minimum Gasteiger partial charge on any atom is -0.503 e. The Labute approximate surface area is 147 Å². The van der Waals surface area contributed by atoms with Gasteiger partial charge in [-0.2, -0.15) is 0 Å². The van der Waals surface area contributed by atoms with Crippen LogP contribution in [0, 0.1) is 0 Å². The van der Waals surface area contributed by atoms with Crippen LogP contribution >= 0.6 is 15.9 Å². The Bertz CT molecular complexity index is 870. The number of amides is 1. The normalized spacial score (nSPS) is 12.1. The van der Waals surface area contributed by atoms with Crippen LogP contribution in [0.3, 0.4) is 0 Å². The number of phenolic OH excluding ortho intramolecular Hbond substituents is 1. The highest BCUT2D eigenvalue weighted by atomic mass is 79.9. The van der Waals surface area contributed by atoms with Crippen LogP contribution in [0.25, 0.3) is 11.0 Å². The Morgan fingerprint density at radius 1 is 1.29 bits per heavy atom. The van der Waals surface area contributed by atoms with E-state index in [0.717, 1.165) is 11.0 Å². The van der Waals surface area contributed by atoms with E-state index in [0.29, 0.717) is 15.8 Å². The van der Waals surface area contributed by atoms with Crippen molar-refractivity contribution in [1.82, 2.24) is 5.32 Å². The van der Waals surface area contributed by atoms with Crippen molar-refractivity contribution in [3.8, 4) is 11.5 Å². The lowest BCUT2D eigenvalue weighted by Gasteiger charge is -2.13. The number of rotatable bonds is 4. The molecule has 5 nitrogen and oxygen atoms in total. The predicted molar refractivity (Wildman–Crippen MR) is 94.5 cm³/mol. The van der Waals surface area contributed by atoms with Gasteiger partial charge in [0.25, 0.3) is 5.91 Å². The van der Waals surface area contributed by atoms with Crippen molar-refractivity contribution in [2.75, 3.05) is 7.11 Å².